The van der Waals surface area contributed by atoms with Crippen LogP contribution in [0.5, 0.6) is 0 Å². The molecule has 0 radical (unpaired) electrons. The molecule has 8 heteroatoms. The molecule has 0 saturated carbocycles. The molecule has 1 fully saturated rings. The highest BCUT2D eigenvalue weighted by Crippen LogP contribution is 2.31. The third-order valence-corrected chi connectivity index (χ3v) is 5.14. The van der Waals surface area contributed by atoms with Crippen molar-refractivity contribution in [1.29, 1.82) is 0 Å². The summed E-state index contributed by atoms with van der Waals surface area (Å²) in [6.45, 7) is 1.79. The maximum atomic E-state index is 13.4. The summed E-state index contributed by atoms with van der Waals surface area (Å²) in [5.41, 5.74) is 2.62. The van der Waals surface area contributed by atoms with Crippen molar-refractivity contribution in [3.05, 3.63) is 66.5 Å². The Morgan fingerprint density at radius 2 is 2.07 bits per heavy atom. The van der Waals surface area contributed by atoms with Gasteiger partial charge >= 0.3 is 0 Å². The number of amides is 1. The standard InChI is InChI=1S/C21H26N6O2/c1-24(2)14-19-20(17-12-23-25(3)13-17)27(10-11-29-19)21(28)16-4-6-18(7-5-16)26-9-8-22-15-26/h4-9,12-13,15,19-20H,10-11,14H2,1-3H3/t19-,20-/m0/s1. The minimum Gasteiger partial charge on any atom is -0.373 e. The van der Waals surface area contributed by atoms with Gasteiger partial charge in [-0.05, 0) is 38.4 Å². The van der Waals surface area contributed by atoms with E-state index in [1.165, 1.54) is 0 Å². The zero-order valence-electron chi connectivity index (χ0n) is 17.0. The van der Waals surface area contributed by atoms with Crippen molar-refractivity contribution in [3.8, 4) is 5.69 Å². The fourth-order valence-electron chi connectivity index (χ4n) is 3.81. The first-order chi connectivity index (χ1) is 14.0. The number of morpholine rings is 1. The molecule has 3 aromatic rings. The van der Waals surface area contributed by atoms with Crippen molar-refractivity contribution in [1.82, 2.24) is 29.1 Å². The summed E-state index contributed by atoms with van der Waals surface area (Å²) in [7, 11) is 5.91. The van der Waals surface area contributed by atoms with Gasteiger partial charge in [0.1, 0.15) is 0 Å². The number of rotatable bonds is 5. The minimum absolute atomic E-state index is 0.00286. The van der Waals surface area contributed by atoms with Gasteiger partial charge in [-0.3, -0.25) is 9.48 Å². The average molecular weight is 394 g/mol. The number of hydrogen-bond acceptors (Lipinski definition) is 5. The van der Waals surface area contributed by atoms with Crippen LogP contribution < -0.4 is 0 Å². The maximum absolute atomic E-state index is 13.4. The molecule has 1 amide bonds. The summed E-state index contributed by atoms with van der Waals surface area (Å²) in [5, 5.41) is 4.31. The molecule has 0 N–H and O–H groups in total. The van der Waals surface area contributed by atoms with Crippen LogP contribution in [0.25, 0.3) is 5.69 Å². The van der Waals surface area contributed by atoms with E-state index in [9.17, 15) is 4.79 Å². The second kappa shape index (κ2) is 8.18. The van der Waals surface area contributed by atoms with Crippen molar-refractivity contribution in [2.75, 3.05) is 33.8 Å². The quantitative estimate of drug-likeness (QED) is 0.660. The Bertz CT molecular complexity index is 948. The van der Waals surface area contributed by atoms with Crippen molar-refractivity contribution in [3.63, 3.8) is 0 Å². The van der Waals surface area contributed by atoms with Crippen LogP contribution in [-0.4, -0.2) is 74.9 Å². The molecule has 152 valence electrons. The Morgan fingerprint density at radius 1 is 1.28 bits per heavy atom. The lowest BCUT2D eigenvalue weighted by molar-refractivity contribution is -0.0684. The van der Waals surface area contributed by atoms with Gasteiger partial charge in [0.25, 0.3) is 5.91 Å². The molecular weight excluding hydrogens is 368 g/mol. The predicted octanol–water partition coefficient (Wildman–Crippen LogP) is 1.75. The average Bonchev–Trinajstić information content (AvgIpc) is 3.39. The van der Waals surface area contributed by atoms with Gasteiger partial charge in [-0.1, -0.05) is 0 Å². The van der Waals surface area contributed by atoms with E-state index in [4.69, 9.17) is 4.74 Å². The second-order valence-corrected chi connectivity index (χ2v) is 7.58. The Balaban J connectivity index is 1.62. The Hall–Kier alpha value is -2.97. The van der Waals surface area contributed by atoms with E-state index >= 15 is 0 Å². The molecule has 4 rings (SSSR count). The number of nitrogens with zero attached hydrogens (tertiary/aromatic N) is 6. The van der Waals surface area contributed by atoms with E-state index < -0.39 is 0 Å². The second-order valence-electron chi connectivity index (χ2n) is 7.58. The number of imidazole rings is 1. The molecular formula is C21H26N6O2. The monoisotopic (exact) mass is 394 g/mol. The Kier molecular flexibility index (Phi) is 5.46. The zero-order chi connectivity index (χ0) is 20.4. The fraction of sp³-hybridized carbons (Fsp3) is 0.381. The highest BCUT2D eigenvalue weighted by Gasteiger charge is 2.37. The van der Waals surface area contributed by atoms with E-state index in [1.807, 2.05) is 73.5 Å². The van der Waals surface area contributed by atoms with E-state index in [-0.39, 0.29) is 18.1 Å². The van der Waals surface area contributed by atoms with Crippen LogP contribution in [-0.2, 0) is 11.8 Å². The van der Waals surface area contributed by atoms with Gasteiger partial charge in [0, 0.05) is 55.5 Å². The van der Waals surface area contributed by atoms with Gasteiger partial charge in [0.15, 0.2) is 0 Å². The molecule has 1 aliphatic heterocycles. The number of benzene rings is 1. The molecule has 29 heavy (non-hydrogen) atoms. The van der Waals surface area contributed by atoms with E-state index in [1.54, 1.807) is 17.2 Å². The minimum atomic E-state index is -0.180. The smallest absolute Gasteiger partial charge is 0.254 e. The molecule has 0 spiro atoms. The van der Waals surface area contributed by atoms with E-state index in [0.717, 1.165) is 17.8 Å². The summed E-state index contributed by atoms with van der Waals surface area (Å²) < 4.78 is 9.74. The van der Waals surface area contributed by atoms with Crippen LogP contribution in [0.1, 0.15) is 22.0 Å². The molecule has 1 saturated heterocycles. The summed E-state index contributed by atoms with van der Waals surface area (Å²) in [6.07, 6.45) is 9.02. The third-order valence-electron chi connectivity index (χ3n) is 5.14. The number of aryl methyl sites for hydroxylation is 1. The highest BCUT2D eigenvalue weighted by molar-refractivity contribution is 5.94. The predicted molar refractivity (Wildman–Crippen MR) is 109 cm³/mol. The van der Waals surface area contributed by atoms with Gasteiger partial charge in [-0.15, -0.1) is 0 Å². The van der Waals surface area contributed by atoms with Crippen LogP contribution in [0.3, 0.4) is 0 Å². The van der Waals surface area contributed by atoms with Crippen LogP contribution in [0, 0.1) is 0 Å². The largest absolute Gasteiger partial charge is 0.373 e. The van der Waals surface area contributed by atoms with Crippen LogP contribution >= 0.6 is 0 Å². The van der Waals surface area contributed by atoms with Crippen LogP contribution in [0.15, 0.2) is 55.4 Å². The Morgan fingerprint density at radius 3 is 2.69 bits per heavy atom. The number of hydrogen-bond donors (Lipinski definition) is 0. The van der Waals surface area contributed by atoms with Crippen LogP contribution in [0.2, 0.25) is 0 Å². The third kappa shape index (κ3) is 4.08. The molecule has 3 heterocycles. The number of likely N-dealkylation sites (N-methyl/N-ethyl adjacent to an activating group) is 1. The van der Waals surface area contributed by atoms with Crippen molar-refractivity contribution < 1.29 is 9.53 Å². The molecule has 1 aliphatic rings. The summed E-state index contributed by atoms with van der Waals surface area (Å²) >= 11 is 0. The molecule has 2 aromatic heterocycles. The normalized spacial score (nSPS) is 19.7. The summed E-state index contributed by atoms with van der Waals surface area (Å²) in [5.74, 6) is 0.00286. The lowest BCUT2D eigenvalue weighted by Gasteiger charge is -2.41. The molecule has 2 atom stereocenters. The summed E-state index contributed by atoms with van der Waals surface area (Å²) in [6, 6.07) is 7.43. The maximum Gasteiger partial charge on any atom is 0.254 e. The van der Waals surface area contributed by atoms with Gasteiger partial charge in [-0.2, -0.15) is 5.10 Å². The highest BCUT2D eigenvalue weighted by atomic mass is 16.5. The topological polar surface area (TPSA) is 68.4 Å². The molecule has 0 unspecified atom stereocenters. The molecule has 1 aromatic carbocycles. The zero-order valence-corrected chi connectivity index (χ0v) is 17.0. The summed E-state index contributed by atoms with van der Waals surface area (Å²) in [4.78, 5) is 21.5. The van der Waals surface area contributed by atoms with Gasteiger partial charge in [0.2, 0.25) is 0 Å². The lowest BCUT2D eigenvalue weighted by atomic mass is 9.99. The van der Waals surface area contributed by atoms with Gasteiger partial charge < -0.3 is 19.1 Å². The molecule has 0 aliphatic carbocycles. The first-order valence-corrected chi connectivity index (χ1v) is 9.67. The van der Waals surface area contributed by atoms with E-state index in [0.29, 0.717) is 18.7 Å². The first kappa shape index (κ1) is 19.4. The van der Waals surface area contributed by atoms with Crippen molar-refractivity contribution in [2.45, 2.75) is 12.1 Å². The Labute approximate surface area is 170 Å². The van der Waals surface area contributed by atoms with Gasteiger partial charge in [0.05, 0.1) is 31.3 Å². The van der Waals surface area contributed by atoms with E-state index in [2.05, 4.69) is 15.0 Å². The number of carbonyl (C=O) groups excluding carboxylic acids is 1. The number of carbonyl (C=O) groups is 1. The first-order valence-electron chi connectivity index (χ1n) is 9.67. The lowest BCUT2D eigenvalue weighted by Crippen LogP contribution is -2.51. The van der Waals surface area contributed by atoms with Crippen LogP contribution in [0.4, 0.5) is 0 Å². The fourth-order valence-corrected chi connectivity index (χ4v) is 3.81. The number of ether oxygens (including phenoxy) is 1. The SMILES string of the molecule is CN(C)C[C@@H]1OCCN(C(=O)c2ccc(-n3ccnc3)cc2)[C@H]1c1cnn(C)c1. The molecule has 8 nitrogen and oxygen atoms in total. The van der Waals surface area contributed by atoms with Crippen molar-refractivity contribution >= 4 is 5.91 Å². The molecule has 0 bridgehead atoms. The van der Waals surface area contributed by atoms with Gasteiger partial charge in [-0.25, -0.2) is 4.98 Å². The number of aromatic nitrogens is 4. The van der Waals surface area contributed by atoms with Crippen molar-refractivity contribution in [2.24, 2.45) is 7.05 Å².